The second kappa shape index (κ2) is 10.8. The molecular formula is C30H33BrFN5O2. The van der Waals surface area contributed by atoms with E-state index in [9.17, 15) is 14.0 Å². The van der Waals surface area contributed by atoms with E-state index in [0.29, 0.717) is 34.7 Å². The number of amides is 2. The van der Waals surface area contributed by atoms with E-state index in [-0.39, 0.29) is 23.7 Å². The smallest absolute Gasteiger partial charge is 0.248 e. The van der Waals surface area contributed by atoms with Crippen LogP contribution in [0.1, 0.15) is 54.8 Å². The van der Waals surface area contributed by atoms with Crippen LogP contribution in [0, 0.1) is 11.2 Å². The van der Waals surface area contributed by atoms with Crippen molar-refractivity contribution in [3.05, 3.63) is 81.7 Å². The molecule has 3 aromatic rings. The largest absolute Gasteiger partial charge is 0.330 e. The summed E-state index contributed by atoms with van der Waals surface area (Å²) < 4.78 is 15.0. The highest BCUT2D eigenvalue weighted by Gasteiger charge is 2.55. The van der Waals surface area contributed by atoms with Crippen molar-refractivity contribution in [2.24, 2.45) is 5.41 Å². The molecule has 2 amide bonds. The Kier molecular flexibility index (Phi) is 7.29. The molecule has 2 aliphatic heterocycles. The lowest BCUT2D eigenvalue weighted by molar-refractivity contribution is -0.136. The van der Waals surface area contributed by atoms with E-state index >= 15 is 0 Å². The monoisotopic (exact) mass is 593 g/mol. The van der Waals surface area contributed by atoms with E-state index in [1.165, 1.54) is 11.6 Å². The summed E-state index contributed by atoms with van der Waals surface area (Å²) in [5.41, 5.74) is 2.69. The Morgan fingerprint density at radius 3 is 2.74 bits per heavy atom. The maximum Gasteiger partial charge on any atom is 0.248 e. The first-order chi connectivity index (χ1) is 18.9. The van der Waals surface area contributed by atoms with Crippen molar-refractivity contribution in [3.8, 4) is 0 Å². The van der Waals surface area contributed by atoms with Crippen molar-refractivity contribution in [2.45, 2.75) is 57.0 Å². The van der Waals surface area contributed by atoms with Gasteiger partial charge >= 0.3 is 0 Å². The van der Waals surface area contributed by atoms with Gasteiger partial charge in [-0.25, -0.2) is 4.39 Å². The molecule has 1 aromatic heterocycles. The molecule has 2 saturated heterocycles. The van der Waals surface area contributed by atoms with Crippen LogP contribution in [0.25, 0.3) is 0 Å². The number of hydrogen-bond donors (Lipinski definition) is 2. The third-order valence-corrected chi connectivity index (χ3v) is 8.98. The Morgan fingerprint density at radius 2 is 1.97 bits per heavy atom. The Morgan fingerprint density at radius 1 is 1.15 bits per heavy atom. The molecule has 1 spiro atoms. The number of aromatic nitrogens is 2. The summed E-state index contributed by atoms with van der Waals surface area (Å²) in [4.78, 5) is 30.8. The first kappa shape index (κ1) is 26.2. The minimum Gasteiger partial charge on any atom is -0.330 e. The molecule has 3 aliphatic rings. The number of likely N-dealkylation sites (tertiary alicyclic amines) is 2. The summed E-state index contributed by atoms with van der Waals surface area (Å²) in [7, 11) is 0. The van der Waals surface area contributed by atoms with Crippen molar-refractivity contribution in [1.29, 1.82) is 0 Å². The predicted octanol–water partition coefficient (Wildman–Crippen LogP) is 5.25. The molecule has 3 fully saturated rings. The lowest BCUT2D eigenvalue weighted by Gasteiger charge is -2.32. The van der Waals surface area contributed by atoms with Gasteiger partial charge < -0.3 is 10.2 Å². The van der Waals surface area contributed by atoms with Gasteiger partial charge in [-0.1, -0.05) is 52.3 Å². The summed E-state index contributed by atoms with van der Waals surface area (Å²) in [5.74, 6) is -0.0634. The third-order valence-electron chi connectivity index (χ3n) is 8.49. The molecule has 0 bridgehead atoms. The fourth-order valence-electron chi connectivity index (χ4n) is 6.14. The summed E-state index contributed by atoms with van der Waals surface area (Å²) in [6, 6.07) is 16.6. The Balaban J connectivity index is 1.09. The lowest BCUT2D eigenvalue weighted by Crippen LogP contribution is -2.44. The fraction of sp³-hybridized carbons (Fsp3) is 0.433. The number of anilines is 1. The molecule has 1 saturated carbocycles. The number of benzene rings is 2. The van der Waals surface area contributed by atoms with Gasteiger partial charge in [0.15, 0.2) is 5.82 Å². The second-order valence-electron chi connectivity index (χ2n) is 11.4. The predicted molar refractivity (Wildman–Crippen MR) is 151 cm³/mol. The average molecular weight is 595 g/mol. The third kappa shape index (κ3) is 5.94. The van der Waals surface area contributed by atoms with Gasteiger partial charge in [0.25, 0.3) is 0 Å². The molecule has 0 radical (unpaired) electrons. The SMILES string of the molecule is O=C(Nc1cc(C2CCCN(Cc3ccccc3)C2)[nH]n1)[C@H]1CC2(CC2)CN1C(=O)Cc1ccc(Br)cc1F. The van der Waals surface area contributed by atoms with Gasteiger partial charge in [-0.2, -0.15) is 5.10 Å². The number of nitrogens with one attached hydrogen (secondary N) is 2. The van der Waals surface area contributed by atoms with E-state index in [1.54, 1.807) is 17.0 Å². The summed E-state index contributed by atoms with van der Waals surface area (Å²) in [6.45, 7) is 3.48. The highest BCUT2D eigenvalue weighted by molar-refractivity contribution is 9.10. The highest BCUT2D eigenvalue weighted by Crippen LogP contribution is 2.55. The number of carbonyl (C=O) groups is 2. The van der Waals surface area contributed by atoms with E-state index in [2.05, 4.69) is 60.6 Å². The van der Waals surface area contributed by atoms with Crippen molar-refractivity contribution in [3.63, 3.8) is 0 Å². The van der Waals surface area contributed by atoms with Crippen LogP contribution in [0.15, 0.2) is 59.1 Å². The maximum atomic E-state index is 14.4. The molecule has 204 valence electrons. The Hall–Kier alpha value is -3.04. The van der Waals surface area contributed by atoms with Crippen molar-refractivity contribution in [2.75, 3.05) is 25.0 Å². The zero-order chi connectivity index (χ0) is 27.0. The van der Waals surface area contributed by atoms with Crippen LogP contribution in [0.4, 0.5) is 10.2 Å². The molecule has 2 atom stereocenters. The second-order valence-corrected chi connectivity index (χ2v) is 12.3. The Bertz CT molecular complexity index is 1360. The molecule has 2 aromatic carbocycles. The summed E-state index contributed by atoms with van der Waals surface area (Å²) in [5, 5.41) is 10.5. The van der Waals surface area contributed by atoms with Gasteiger partial charge in [0.05, 0.1) is 6.42 Å². The molecule has 9 heteroatoms. The molecular weight excluding hydrogens is 561 g/mol. The first-order valence-electron chi connectivity index (χ1n) is 13.7. The van der Waals surface area contributed by atoms with Crippen LogP contribution >= 0.6 is 15.9 Å². The molecule has 7 nitrogen and oxygen atoms in total. The lowest BCUT2D eigenvalue weighted by atomic mass is 9.94. The number of piperidine rings is 1. The molecule has 39 heavy (non-hydrogen) atoms. The van der Waals surface area contributed by atoms with E-state index in [1.807, 2.05) is 12.1 Å². The minimum atomic E-state index is -0.574. The van der Waals surface area contributed by atoms with Crippen LogP contribution in [0.3, 0.4) is 0 Å². The first-order valence-corrected chi connectivity index (χ1v) is 14.5. The number of rotatable bonds is 7. The normalized spacial score (nSPS) is 22.3. The van der Waals surface area contributed by atoms with Crippen LogP contribution in [-0.2, 0) is 22.6 Å². The number of carbonyl (C=O) groups excluding carboxylic acids is 2. The van der Waals surface area contributed by atoms with Gasteiger partial charge in [0.1, 0.15) is 11.9 Å². The quantitative estimate of drug-likeness (QED) is 0.392. The average Bonchev–Trinajstić information content (AvgIpc) is 3.33. The standard InChI is InChI=1S/C30H33BrFN5O2/c31-23-9-8-21(24(32)14-23)13-28(38)37-19-30(10-11-30)16-26(37)29(39)33-27-15-25(34-35-27)22-7-4-12-36(18-22)17-20-5-2-1-3-6-20/h1-3,5-6,8-9,14-15,22,26H,4,7,10-13,16-19H2,(H2,33,34,35,39)/t22?,26-/m1/s1. The van der Waals surface area contributed by atoms with Crippen LogP contribution in [0.2, 0.25) is 0 Å². The maximum absolute atomic E-state index is 14.4. The number of aromatic amines is 1. The zero-order valence-electron chi connectivity index (χ0n) is 21.8. The van der Waals surface area contributed by atoms with Gasteiger partial charge in [0.2, 0.25) is 11.8 Å². The number of hydrogen-bond acceptors (Lipinski definition) is 4. The molecule has 1 unspecified atom stereocenters. The van der Waals surface area contributed by atoms with Crippen LogP contribution in [0.5, 0.6) is 0 Å². The molecule has 1 aliphatic carbocycles. The van der Waals surface area contributed by atoms with Crippen molar-refractivity contribution >= 4 is 33.6 Å². The minimum absolute atomic E-state index is 0.0248. The van der Waals surface area contributed by atoms with Gasteiger partial charge in [-0.15, -0.1) is 0 Å². The highest BCUT2D eigenvalue weighted by atomic mass is 79.9. The molecule has 3 heterocycles. The summed E-state index contributed by atoms with van der Waals surface area (Å²) >= 11 is 3.26. The topological polar surface area (TPSA) is 81.3 Å². The van der Waals surface area contributed by atoms with E-state index in [4.69, 9.17) is 0 Å². The van der Waals surface area contributed by atoms with Gasteiger partial charge in [0, 0.05) is 41.8 Å². The van der Waals surface area contributed by atoms with E-state index in [0.717, 1.165) is 51.0 Å². The zero-order valence-corrected chi connectivity index (χ0v) is 23.4. The Labute approximate surface area is 236 Å². The van der Waals surface area contributed by atoms with E-state index < -0.39 is 11.9 Å². The fourth-order valence-corrected chi connectivity index (χ4v) is 6.47. The van der Waals surface area contributed by atoms with Gasteiger partial charge in [-0.05, 0) is 67.3 Å². The van der Waals surface area contributed by atoms with Crippen molar-refractivity contribution in [1.82, 2.24) is 20.0 Å². The van der Waals surface area contributed by atoms with Crippen LogP contribution in [-0.4, -0.2) is 57.5 Å². The molecule has 6 rings (SSSR count). The van der Waals surface area contributed by atoms with Gasteiger partial charge in [-0.3, -0.25) is 19.6 Å². The van der Waals surface area contributed by atoms with Crippen LogP contribution < -0.4 is 5.32 Å². The number of halogens is 2. The van der Waals surface area contributed by atoms with Crippen molar-refractivity contribution < 1.29 is 14.0 Å². The number of nitrogens with zero attached hydrogens (tertiary/aromatic N) is 3. The molecule has 2 N–H and O–H groups in total. The summed E-state index contributed by atoms with van der Waals surface area (Å²) in [6.07, 6.45) is 4.79. The number of H-pyrrole nitrogens is 1.